The number of aliphatic hydroxyl groups excluding tert-OH is 2. The van der Waals surface area contributed by atoms with E-state index in [-0.39, 0.29) is 6.61 Å². The number of hydrogen-bond donors (Lipinski definition) is 3. The summed E-state index contributed by atoms with van der Waals surface area (Å²) in [6, 6.07) is 9.42. The van der Waals surface area contributed by atoms with Gasteiger partial charge in [-0.3, -0.25) is 0 Å². The number of ether oxygens (including phenoxy) is 4. The van der Waals surface area contributed by atoms with Gasteiger partial charge in [0.15, 0.2) is 17.8 Å². The summed E-state index contributed by atoms with van der Waals surface area (Å²) in [6.45, 7) is 2.65. The molecule has 0 radical (unpaired) electrons. The third-order valence-corrected chi connectivity index (χ3v) is 4.54. The first-order valence-corrected chi connectivity index (χ1v) is 8.54. The Kier molecular flexibility index (Phi) is 5.71. The first-order chi connectivity index (χ1) is 12.8. The molecule has 10 nitrogen and oxygen atoms in total. The van der Waals surface area contributed by atoms with Gasteiger partial charge in [-0.15, -0.1) is 0 Å². The zero-order valence-electron chi connectivity index (χ0n) is 15.0. The Bertz CT molecular complexity index is 697. The van der Waals surface area contributed by atoms with Crippen molar-refractivity contribution in [2.24, 2.45) is 5.11 Å². The van der Waals surface area contributed by atoms with E-state index in [2.05, 4.69) is 10.0 Å². The second-order valence-corrected chi connectivity index (χ2v) is 7.00. The smallest absolute Gasteiger partial charge is 0.195 e. The number of aliphatic hydroxyl groups is 3. The predicted octanol–water partition coefficient (Wildman–Crippen LogP) is 0.800. The lowest BCUT2D eigenvalue weighted by Gasteiger charge is -2.32. The zero-order valence-corrected chi connectivity index (χ0v) is 15.0. The van der Waals surface area contributed by atoms with E-state index in [1.165, 1.54) is 0 Å². The number of fused-ring (bicyclic) bond motifs is 1. The van der Waals surface area contributed by atoms with E-state index in [0.29, 0.717) is 0 Å². The Morgan fingerprint density at radius 3 is 2.59 bits per heavy atom. The second kappa shape index (κ2) is 7.70. The molecule has 10 heteroatoms. The van der Waals surface area contributed by atoms with Crippen molar-refractivity contribution in [2.75, 3.05) is 6.61 Å². The van der Waals surface area contributed by atoms with Crippen LogP contribution in [-0.4, -0.2) is 64.1 Å². The summed E-state index contributed by atoms with van der Waals surface area (Å²) in [4.78, 5) is 2.48. The van der Waals surface area contributed by atoms with Gasteiger partial charge in [0, 0.05) is 4.91 Å². The lowest BCUT2D eigenvalue weighted by Crippen LogP contribution is -2.54. The fraction of sp³-hybridized carbons (Fsp3) is 0.647. The average molecular weight is 381 g/mol. The molecule has 2 aliphatic heterocycles. The molecule has 2 heterocycles. The fourth-order valence-corrected chi connectivity index (χ4v) is 3.26. The van der Waals surface area contributed by atoms with Crippen LogP contribution in [0.3, 0.4) is 0 Å². The maximum absolute atomic E-state index is 10.5. The summed E-state index contributed by atoms with van der Waals surface area (Å²) in [5, 5.41) is 33.3. The minimum Gasteiger partial charge on any atom is -0.393 e. The van der Waals surface area contributed by atoms with E-state index in [9.17, 15) is 15.3 Å². The number of benzene rings is 1. The van der Waals surface area contributed by atoms with Crippen molar-refractivity contribution >= 4 is 0 Å². The number of azide groups is 1. The SMILES string of the molecule is CC1(C)O[C@@H]2[C@H](O1)[C@H](OCc1ccccc1)O[C@@H]2[C@H](O)[C@](O)(CO)N=[N+]=[N-]. The van der Waals surface area contributed by atoms with Crippen molar-refractivity contribution in [1.29, 1.82) is 0 Å². The van der Waals surface area contributed by atoms with Gasteiger partial charge in [0.1, 0.15) is 24.4 Å². The topological polar surface area (TPSA) is 146 Å². The molecular weight excluding hydrogens is 358 g/mol. The Labute approximate surface area is 155 Å². The molecule has 0 bridgehead atoms. The molecular formula is C17H23N3O7. The maximum Gasteiger partial charge on any atom is 0.195 e. The van der Waals surface area contributed by atoms with E-state index >= 15 is 0 Å². The highest BCUT2D eigenvalue weighted by atomic mass is 16.8. The maximum atomic E-state index is 10.5. The van der Waals surface area contributed by atoms with E-state index < -0.39 is 48.8 Å². The molecule has 148 valence electrons. The van der Waals surface area contributed by atoms with Crippen LogP contribution in [0.1, 0.15) is 19.4 Å². The van der Waals surface area contributed by atoms with E-state index in [1.54, 1.807) is 13.8 Å². The molecule has 0 aliphatic carbocycles. The van der Waals surface area contributed by atoms with Crippen molar-refractivity contribution in [3.8, 4) is 0 Å². The van der Waals surface area contributed by atoms with E-state index in [4.69, 9.17) is 24.5 Å². The number of rotatable bonds is 7. The van der Waals surface area contributed by atoms with Crippen LogP contribution in [0.2, 0.25) is 0 Å². The predicted molar refractivity (Wildman–Crippen MR) is 90.9 cm³/mol. The Morgan fingerprint density at radius 1 is 1.30 bits per heavy atom. The van der Waals surface area contributed by atoms with Crippen molar-refractivity contribution in [3.63, 3.8) is 0 Å². The van der Waals surface area contributed by atoms with E-state index in [1.807, 2.05) is 30.3 Å². The molecule has 2 saturated heterocycles. The van der Waals surface area contributed by atoms with Crippen LogP contribution in [0, 0.1) is 0 Å². The van der Waals surface area contributed by atoms with Crippen LogP contribution in [0.4, 0.5) is 0 Å². The highest BCUT2D eigenvalue weighted by Gasteiger charge is 2.60. The van der Waals surface area contributed by atoms with Crippen LogP contribution in [-0.2, 0) is 25.6 Å². The molecule has 2 fully saturated rings. The summed E-state index contributed by atoms with van der Waals surface area (Å²) >= 11 is 0. The van der Waals surface area contributed by atoms with Crippen molar-refractivity contribution < 1.29 is 34.3 Å². The third-order valence-electron chi connectivity index (χ3n) is 4.54. The van der Waals surface area contributed by atoms with Crippen LogP contribution in [0.25, 0.3) is 10.4 Å². The van der Waals surface area contributed by atoms with Crippen molar-refractivity contribution in [3.05, 3.63) is 46.3 Å². The minimum atomic E-state index is -2.46. The third kappa shape index (κ3) is 4.08. The summed E-state index contributed by atoms with van der Waals surface area (Å²) in [7, 11) is 0. The monoisotopic (exact) mass is 381 g/mol. The molecule has 0 amide bonds. The standard InChI is InChI=1S/C17H23N3O7/c1-16(2)26-11-12(14(22)17(23,9-21)19-20-18)25-15(13(11)27-16)24-8-10-6-4-3-5-7-10/h3-7,11-15,21-23H,8-9H2,1-2H3/t11-,12-,13-,14-,15+,17+/m0/s1. The molecule has 0 spiro atoms. The normalized spacial score (nSPS) is 32.3. The summed E-state index contributed by atoms with van der Waals surface area (Å²) in [5.41, 5.74) is 7.07. The minimum absolute atomic E-state index is 0.238. The number of hydrogen-bond acceptors (Lipinski definition) is 8. The zero-order chi connectivity index (χ0) is 19.7. The molecule has 6 atom stereocenters. The van der Waals surface area contributed by atoms with Gasteiger partial charge in [0.2, 0.25) is 0 Å². The molecule has 0 unspecified atom stereocenters. The van der Waals surface area contributed by atoms with Gasteiger partial charge in [-0.1, -0.05) is 35.4 Å². The van der Waals surface area contributed by atoms with Crippen LogP contribution in [0.5, 0.6) is 0 Å². The van der Waals surface area contributed by atoms with Gasteiger partial charge in [0.25, 0.3) is 0 Å². The van der Waals surface area contributed by atoms with Crippen LogP contribution in [0.15, 0.2) is 35.4 Å². The summed E-state index contributed by atoms with van der Waals surface area (Å²) < 4.78 is 23.1. The molecule has 1 aromatic carbocycles. The van der Waals surface area contributed by atoms with Gasteiger partial charge >= 0.3 is 0 Å². The van der Waals surface area contributed by atoms with Gasteiger partial charge in [-0.2, -0.15) is 0 Å². The average Bonchev–Trinajstić information content (AvgIpc) is 3.13. The van der Waals surface area contributed by atoms with Crippen molar-refractivity contribution in [2.45, 2.75) is 62.7 Å². The fourth-order valence-electron chi connectivity index (χ4n) is 3.26. The summed E-state index contributed by atoms with van der Waals surface area (Å²) in [5.74, 6) is -0.957. The van der Waals surface area contributed by atoms with Crippen LogP contribution < -0.4 is 0 Å². The molecule has 27 heavy (non-hydrogen) atoms. The first kappa shape index (κ1) is 20.0. The lowest BCUT2D eigenvalue weighted by molar-refractivity contribution is -0.258. The Hall–Kier alpha value is -1.75. The molecule has 3 rings (SSSR count). The molecule has 0 saturated carbocycles. The highest BCUT2D eigenvalue weighted by Crippen LogP contribution is 2.41. The largest absolute Gasteiger partial charge is 0.393 e. The Balaban J connectivity index is 1.78. The van der Waals surface area contributed by atoms with Gasteiger partial charge in [-0.05, 0) is 24.9 Å². The molecule has 3 N–H and O–H groups in total. The second-order valence-electron chi connectivity index (χ2n) is 7.00. The molecule has 0 aromatic heterocycles. The quantitative estimate of drug-likeness (QED) is 0.359. The van der Waals surface area contributed by atoms with Gasteiger partial charge in [0.05, 0.1) is 13.2 Å². The number of nitrogens with zero attached hydrogens (tertiary/aromatic N) is 3. The van der Waals surface area contributed by atoms with Crippen LogP contribution >= 0.6 is 0 Å². The lowest BCUT2D eigenvalue weighted by atomic mass is 9.98. The Morgan fingerprint density at radius 2 is 1.96 bits per heavy atom. The first-order valence-electron chi connectivity index (χ1n) is 8.54. The van der Waals surface area contributed by atoms with Crippen molar-refractivity contribution in [1.82, 2.24) is 0 Å². The van der Waals surface area contributed by atoms with Gasteiger partial charge in [-0.25, -0.2) is 0 Å². The van der Waals surface area contributed by atoms with Gasteiger partial charge < -0.3 is 34.3 Å². The molecule has 1 aromatic rings. The summed E-state index contributed by atoms with van der Waals surface area (Å²) in [6.07, 6.45) is -5.24. The van der Waals surface area contributed by atoms with E-state index in [0.717, 1.165) is 5.56 Å². The highest BCUT2D eigenvalue weighted by molar-refractivity contribution is 5.13. The molecule has 2 aliphatic rings.